The second kappa shape index (κ2) is 6.79. The van der Waals surface area contributed by atoms with Crippen LogP contribution in [-0.2, 0) is 6.54 Å². The molecule has 2 heterocycles. The van der Waals surface area contributed by atoms with Gasteiger partial charge in [0.1, 0.15) is 11.3 Å². The van der Waals surface area contributed by atoms with Crippen LogP contribution in [0.15, 0.2) is 47.0 Å². The summed E-state index contributed by atoms with van der Waals surface area (Å²) in [4.78, 5) is 4.64. The second-order valence-electron chi connectivity index (χ2n) is 6.53. The molecular formula is C21H22N4O2. The average molecular weight is 362 g/mol. The van der Waals surface area contributed by atoms with Gasteiger partial charge in [-0.1, -0.05) is 35.5 Å². The van der Waals surface area contributed by atoms with Gasteiger partial charge in [-0.3, -0.25) is 4.57 Å². The van der Waals surface area contributed by atoms with Crippen LogP contribution in [-0.4, -0.2) is 21.3 Å². The number of nitrogens with two attached hydrogens (primary N) is 1. The van der Waals surface area contributed by atoms with E-state index in [-0.39, 0.29) is 0 Å². The van der Waals surface area contributed by atoms with Crippen molar-refractivity contribution in [3.63, 3.8) is 0 Å². The summed E-state index contributed by atoms with van der Waals surface area (Å²) < 4.78 is 13.2. The number of imidazole rings is 1. The highest BCUT2D eigenvalue weighted by Crippen LogP contribution is 2.35. The third-order valence-corrected chi connectivity index (χ3v) is 4.63. The van der Waals surface area contributed by atoms with E-state index in [1.807, 2.05) is 45.0 Å². The van der Waals surface area contributed by atoms with Gasteiger partial charge in [0.15, 0.2) is 0 Å². The number of aromatic nitrogens is 3. The summed E-state index contributed by atoms with van der Waals surface area (Å²) in [5, 5.41) is 4.06. The SMILES string of the molecule is CCOc1nc2c(N)cc(-c3c(C)noc3C)cc2n1Cc1ccccc1. The van der Waals surface area contributed by atoms with Crippen molar-refractivity contribution in [2.45, 2.75) is 27.3 Å². The Hall–Kier alpha value is -3.28. The molecule has 2 aromatic heterocycles. The molecule has 0 bridgehead atoms. The van der Waals surface area contributed by atoms with E-state index in [9.17, 15) is 0 Å². The normalized spacial score (nSPS) is 11.2. The first-order chi connectivity index (χ1) is 13.1. The maximum Gasteiger partial charge on any atom is 0.297 e. The van der Waals surface area contributed by atoms with Crippen molar-refractivity contribution in [1.29, 1.82) is 0 Å². The molecule has 0 radical (unpaired) electrons. The van der Waals surface area contributed by atoms with Gasteiger partial charge in [0, 0.05) is 5.56 Å². The molecule has 6 heteroatoms. The molecule has 2 aromatic carbocycles. The smallest absolute Gasteiger partial charge is 0.297 e. The van der Waals surface area contributed by atoms with E-state index in [2.05, 4.69) is 32.9 Å². The fraction of sp³-hybridized carbons (Fsp3) is 0.238. The lowest BCUT2D eigenvalue weighted by molar-refractivity contribution is 0.301. The highest BCUT2D eigenvalue weighted by molar-refractivity contribution is 5.93. The van der Waals surface area contributed by atoms with Gasteiger partial charge in [-0.15, -0.1) is 0 Å². The molecule has 6 nitrogen and oxygen atoms in total. The molecule has 0 aliphatic rings. The van der Waals surface area contributed by atoms with Crippen molar-refractivity contribution in [2.75, 3.05) is 12.3 Å². The number of aryl methyl sites for hydroxylation is 2. The third-order valence-electron chi connectivity index (χ3n) is 4.63. The van der Waals surface area contributed by atoms with Crippen molar-refractivity contribution in [3.8, 4) is 17.1 Å². The number of rotatable bonds is 5. The Morgan fingerprint density at radius 3 is 2.59 bits per heavy atom. The number of benzene rings is 2. The molecule has 0 aliphatic heterocycles. The standard InChI is InChI=1S/C21H22N4O2/c1-4-26-21-23-20-17(22)10-16(19-13(2)24-27-14(19)3)11-18(20)25(21)12-15-8-6-5-7-9-15/h5-11H,4,12,22H2,1-3H3. The van der Waals surface area contributed by atoms with Gasteiger partial charge in [-0.2, -0.15) is 4.98 Å². The Balaban J connectivity index is 1.92. The third kappa shape index (κ3) is 3.03. The van der Waals surface area contributed by atoms with Gasteiger partial charge in [0.25, 0.3) is 6.01 Å². The summed E-state index contributed by atoms with van der Waals surface area (Å²) >= 11 is 0. The lowest BCUT2D eigenvalue weighted by Crippen LogP contribution is -2.05. The van der Waals surface area contributed by atoms with Crippen molar-refractivity contribution in [2.24, 2.45) is 0 Å². The number of hydrogen-bond donors (Lipinski definition) is 1. The summed E-state index contributed by atoms with van der Waals surface area (Å²) in [7, 11) is 0. The van der Waals surface area contributed by atoms with E-state index in [0.29, 0.717) is 24.8 Å². The minimum atomic E-state index is 0.536. The predicted molar refractivity (Wildman–Crippen MR) is 106 cm³/mol. The molecular weight excluding hydrogens is 340 g/mol. The zero-order valence-electron chi connectivity index (χ0n) is 15.7. The van der Waals surface area contributed by atoms with E-state index in [1.54, 1.807) is 0 Å². The van der Waals surface area contributed by atoms with E-state index in [4.69, 9.17) is 15.0 Å². The first-order valence-electron chi connectivity index (χ1n) is 8.98. The lowest BCUT2D eigenvalue weighted by Gasteiger charge is -2.10. The maximum absolute atomic E-state index is 6.35. The molecule has 2 N–H and O–H groups in total. The van der Waals surface area contributed by atoms with Crippen molar-refractivity contribution in [3.05, 3.63) is 59.5 Å². The van der Waals surface area contributed by atoms with Gasteiger partial charge in [-0.25, -0.2) is 0 Å². The molecule has 0 saturated heterocycles. The van der Waals surface area contributed by atoms with Crippen LogP contribution < -0.4 is 10.5 Å². The van der Waals surface area contributed by atoms with Crippen molar-refractivity contribution in [1.82, 2.24) is 14.7 Å². The Bertz CT molecular complexity index is 1080. The zero-order chi connectivity index (χ0) is 19.0. The minimum Gasteiger partial charge on any atom is -0.465 e. The first kappa shape index (κ1) is 17.1. The fourth-order valence-corrected chi connectivity index (χ4v) is 3.43. The predicted octanol–water partition coefficient (Wildman–Crippen LogP) is 4.34. The van der Waals surface area contributed by atoms with Gasteiger partial charge in [0.05, 0.1) is 30.0 Å². The van der Waals surface area contributed by atoms with E-state index < -0.39 is 0 Å². The van der Waals surface area contributed by atoms with Crippen LogP contribution in [0.2, 0.25) is 0 Å². The summed E-state index contributed by atoms with van der Waals surface area (Å²) in [6.07, 6.45) is 0. The van der Waals surface area contributed by atoms with Gasteiger partial charge in [0.2, 0.25) is 0 Å². The molecule has 27 heavy (non-hydrogen) atoms. The quantitative estimate of drug-likeness (QED) is 0.534. The Morgan fingerprint density at radius 1 is 1.15 bits per heavy atom. The van der Waals surface area contributed by atoms with Crippen LogP contribution in [0.25, 0.3) is 22.2 Å². The largest absolute Gasteiger partial charge is 0.465 e. The minimum absolute atomic E-state index is 0.536. The maximum atomic E-state index is 6.35. The Morgan fingerprint density at radius 2 is 1.93 bits per heavy atom. The molecule has 0 unspecified atom stereocenters. The number of anilines is 1. The van der Waals surface area contributed by atoms with Crippen molar-refractivity contribution >= 4 is 16.7 Å². The second-order valence-corrected chi connectivity index (χ2v) is 6.53. The molecule has 0 atom stereocenters. The monoisotopic (exact) mass is 362 g/mol. The van der Waals surface area contributed by atoms with Crippen LogP contribution in [0.5, 0.6) is 6.01 Å². The molecule has 0 saturated carbocycles. The topological polar surface area (TPSA) is 79.1 Å². The van der Waals surface area contributed by atoms with Crippen LogP contribution in [0.3, 0.4) is 0 Å². The zero-order valence-corrected chi connectivity index (χ0v) is 15.7. The van der Waals surface area contributed by atoms with E-state index >= 15 is 0 Å². The molecule has 0 amide bonds. The molecule has 138 valence electrons. The Labute approximate surface area is 157 Å². The van der Waals surface area contributed by atoms with Crippen molar-refractivity contribution < 1.29 is 9.26 Å². The van der Waals surface area contributed by atoms with Crippen LogP contribution in [0, 0.1) is 13.8 Å². The molecule has 4 rings (SSSR count). The van der Waals surface area contributed by atoms with Gasteiger partial charge >= 0.3 is 0 Å². The van der Waals surface area contributed by atoms with Crippen LogP contribution in [0.1, 0.15) is 23.9 Å². The first-order valence-corrected chi connectivity index (χ1v) is 8.98. The molecule has 0 spiro atoms. The van der Waals surface area contributed by atoms with E-state index in [1.165, 1.54) is 5.56 Å². The highest BCUT2D eigenvalue weighted by Gasteiger charge is 2.19. The summed E-state index contributed by atoms with van der Waals surface area (Å²) in [6.45, 7) is 6.97. The van der Waals surface area contributed by atoms with E-state index in [0.717, 1.165) is 33.6 Å². The molecule has 0 aliphatic carbocycles. The van der Waals surface area contributed by atoms with Gasteiger partial charge in [-0.05, 0) is 44.0 Å². The summed E-state index contributed by atoms with van der Waals surface area (Å²) in [6, 6.07) is 14.8. The summed E-state index contributed by atoms with van der Waals surface area (Å²) in [5.74, 6) is 0.769. The Kier molecular flexibility index (Phi) is 4.32. The summed E-state index contributed by atoms with van der Waals surface area (Å²) in [5.41, 5.74) is 12.6. The number of hydrogen-bond acceptors (Lipinski definition) is 5. The fourth-order valence-electron chi connectivity index (χ4n) is 3.43. The number of nitrogens with zero attached hydrogens (tertiary/aromatic N) is 3. The lowest BCUT2D eigenvalue weighted by atomic mass is 10.0. The van der Waals surface area contributed by atoms with Crippen LogP contribution >= 0.6 is 0 Å². The average Bonchev–Trinajstić information content (AvgIpc) is 3.17. The highest BCUT2D eigenvalue weighted by atomic mass is 16.5. The molecule has 0 fully saturated rings. The number of ether oxygens (including phenoxy) is 1. The van der Waals surface area contributed by atoms with Gasteiger partial charge < -0.3 is 15.0 Å². The van der Waals surface area contributed by atoms with Crippen LogP contribution in [0.4, 0.5) is 5.69 Å². The number of nitrogen functional groups attached to an aromatic ring is 1. The number of fused-ring (bicyclic) bond motifs is 1. The molecule has 4 aromatic rings.